The number of fused-ring (bicyclic) bond motifs is 2. The molecule has 1 aromatic rings. The molecule has 1 aromatic carbocycles. The summed E-state index contributed by atoms with van der Waals surface area (Å²) < 4.78 is 27.6. The number of carbonyl (C=O) groups is 2. The van der Waals surface area contributed by atoms with Crippen molar-refractivity contribution in [3.05, 3.63) is 41.5 Å². The summed E-state index contributed by atoms with van der Waals surface area (Å²) in [5.74, 6) is -2.38. The molecule has 8 heteroatoms. The van der Waals surface area contributed by atoms with E-state index in [0.717, 1.165) is 5.56 Å². The Hall–Kier alpha value is -2.19. The number of carboxylic acid groups (broad SMARTS) is 1. The van der Waals surface area contributed by atoms with Crippen LogP contribution in [0.2, 0.25) is 0 Å². The Morgan fingerprint density at radius 1 is 1.00 bits per heavy atom. The highest BCUT2D eigenvalue weighted by Gasteiger charge is 2.52. The Kier molecular flexibility index (Phi) is 5.02. The molecule has 1 aliphatic heterocycles. The lowest BCUT2D eigenvalue weighted by Crippen LogP contribution is -2.53. The number of aliphatic carboxylic acids is 1. The molecule has 4 rings (SSSR count). The predicted molar refractivity (Wildman–Crippen MR) is 107 cm³/mol. The summed E-state index contributed by atoms with van der Waals surface area (Å²) in [5, 5.41) is 9.58. The van der Waals surface area contributed by atoms with Crippen LogP contribution < -0.4 is 0 Å². The van der Waals surface area contributed by atoms with Gasteiger partial charge in [0.05, 0.1) is 16.7 Å². The van der Waals surface area contributed by atoms with Crippen molar-refractivity contribution in [3.63, 3.8) is 0 Å². The van der Waals surface area contributed by atoms with Crippen LogP contribution in [0.25, 0.3) is 0 Å². The van der Waals surface area contributed by atoms with Gasteiger partial charge in [-0.05, 0) is 49.3 Å². The quantitative estimate of drug-likeness (QED) is 0.751. The molecule has 1 amide bonds. The van der Waals surface area contributed by atoms with Gasteiger partial charge < -0.3 is 10.0 Å². The molecule has 1 heterocycles. The summed E-state index contributed by atoms with van der Waals surface area (Å²) in [7, 11) is -3.63. The molecule has 0 spiro atoms. The van der Waals surface area contributed by atoms with Crippen molar-refractivity contribution in [2.45, 2.75) is 25.2 Å². The van der Waals surface area contributed by atoms with Crippen LogP contribution in [0.15, 0.2) is 35.2 Å². The van der Waals surface area contributed by atoms with Crippen LogP contribution in [0.3, 0.4) is 0 Å². The number of amides is 1. The first kappa shape index (κ1) is 20.1. The zero-order valence-electron chi connectivity index (χ0n) is 16.6. The number of nitrogens with zero attached hydrogens (tertiary/aromatic N) is 2. The Labute approximate surface area is 171 Å². The van der Waals surface area contributed by atoms with Gasteiger partial charge in [-0.2, -0.15) is 4.31 Å². The molecule has 0 unspecified atom stereocenters. The Morgan fingerprint density at radius 2 is 1.62 bits per heavy atom. The second kappa shape index (κ2) is 7.25. The van der Waals surface area contributed by atoms with E-state index in [9.17, 15) is 23.1 Å². The lowest BCUT2D eigenvalue weighted by atomic mass is 9.82. The fraction of sp³-hybridized carbons (Fsp3) is 0.524. The van der Waals surface area contributed by atoms with Gasteiger partial charge in [-0.15, -0.1) is 0 Å². The molecule has 1 saturated heterocycles. The largest absolute Gasteiger partial charge is 0.481 e. The highest BCUT2D eigenvalue weighted by Crippen LogP contribution is 2.48. The second-order valence-electron chi connectivity index (χ2n) is 8.34. The SMILES string of the molecule is Cc1ccc(C)c(S(=O)(=O)N2CCN(C(=O)[C@@H]3[C@H](C(=O)O)[C@H]4C=C[C@H]3C4)CC2)c1. The van der Waals surface area contributed by atoms with E-state index in [2.05, 4.69) is 0 Å². The second-order valence-corrected chi connectivity index (χ2v) is 10.2. The average molecular weight is 419 g/mol. The molecule has 0 aromatic heterocycles. The van der Waals surface area contributed by atoms with Crippen molar-refractivity contribution in [2.75, 3.05) is 26.2 Å². The van der Waals surface area contributed by atoms with E-state index in [1.807, 2.05) is 25.1 Å². The summed E-state index contributed by atoms with van der Waals surface area (Å²) in [6, 6.07) is 5.37. The molecule has 2 fully saturated rings. The minimum absolute atomic E-state index is 0.0229. The Morgan fingerprint density at radius 3 is 2.24 bits per heavy atom. The summed E-state index contributed by atoms with van der Waals surface area (Å²) in [5.41, 5.74) is 1.58. The minimum atomic E-state index is -3.63. The summed E-state index contributed by atoms with van der Waals surface area (Å²) in [6.45, 7) is 4.64. The van der Waals surface area contributed by atoms with E-state index in [0.29, 0.717) is 16.9 Å². The Balaban J connectivity index is 1.47. The number of aryl methyl sites for hydroxylation is 2. The Bertz CT molecular complexity index is 979. The van der Waals surface area contributed by atoms with Crippen LogP contribution in [0.4, 0.5) is 0 Å². The van der Waals surface area contributed by atoms with Crippen molar-refractivity contribution in [2.24, 2.45) is 23.7 Å². The normalized spacial score (nSPS) is 29.4. The van der Waals surface area contributed by atoms with Gasteiger partial charge in [0.1, 0.15) is 0 Å². The van der Waals surface area contributed by atoms with Crippen LogP contribution in [-0.2, 0) is 19.6 Å². The molecule has 1 saturated carbocycles. The molecule has 1 N–H and O–H groups in total. The van der Waals surface area contributed by atoms with Gasteiger partial charge in [0, 0.05) is 26.2 Å². The molecule has 7 nitrogen and oxygen atoms in total. The van der Waals surface area contributed by atoms with Gasteiger partial charge in [-0.1, -0.05) is 24.3 Å². The van der Waals surface area contributed by atoms with Crippen molar-refractivity contribution < 1.29 is 23.1 Å². The zero-order chi connectivity index (χ0) is 20.9. The topological polar surface area (TPSA) is 95.0 Å². The number of piperazine rings is 1. The zero-order valence-corrected chi connectivity index (χ0v) is 17.4. The van der Waals surface area contributed by atoms with Gasteiger partial charge in [-0.25, -0.2) is 8.42 Å². The number of carboxylic acids is 1. The third-order valence-electron chi connectivity index (χ3n) is 6.54. The third kappa shape index (κ3) is 3.38. The number of hydrogen-bond acceptors (Lipinski definition) is 4. The average Bonchev–Trinajstić information content (AvgIpc) is 3.31. The van der Waals surface area contributed by atoms with Crippen LogP contribution in [0.1, 0.15) is 17.5 Å². The lowest BCUT2D eigenvalue weighted by molar-refractivity contribution is -0.151. The third-order valence-corrected chi connectivity index (χ3v) is 8.58. The molecular weight excluding hydrogens is 392 g/mol. The van der Waals surface area contributed by atoms with Gasteiger partial charge in [0.25, 0.3) is 0 Å². The monoisotopic (exact) mass is 418 g/mol. The van der Waals surface area contributed by atoms with Crippen LogP contribution in [0, 0.1) is 37.5 Å². The number of allylic oxidation sites excluding steroid dienone is 2. The maximum Gasteiger partial charge on any atom is 0.307 e. The molecule has 0 radical (unpaired) electrons. The van der Waals surface area contributed by atoms with E-state index in [-0.39, 0.29) is 43.9 Å². The molecule has 2 aliphatic carbocycles. The van der Waals surface area contributed by atoms with Crippen molar-refractivity contribution >= 4 is 21.9 Å². The standard InChI is InChI=1S/C21H26N2O5S/c1-13-3-4-14(2)17(11-13)29(27,28)23-9-7-22(8-10-23)20(24)18-15-5-6-16(12-15)19(18)21(25)26/h3-6,11,15-16,18-19H,7-10,12H2,1-2H3,(H,25,26)/t15-,16-,18-,19+/m0/s1. The maximum absolute atomic E-state index is 13.1. The van der Waals surface area contributed by atoms with E-state index < -0.39 is 27.8 Å². The first-order chi connectivity index (χ1) is 13.7. The van der Waals surface area contributed by atoms with E-state index in [1.54, 1.807) is 24.0 Å². The smallest absolute Gasteiger partial charge is 0.307 e. The predicted octanol–water partition coefficient (Wildman–Crippen LogP) is 1.66. The molecular formula is C21H26N2O5S. The summed E-state index contributed by atoms with van der Waals surface area (Å²) in [4.78, 5) is 26.7. The van der Waals surface area contributed by atoms with Crippen molar-refractivity contribution in [3.8, 4) is 0 Å². The van der Waals surface area contributed by atoms with Crippen LogP contribution in [-0.4, -0.2) is 60.8 Å². The fourth-order valence-corrected chi connectivity index (χ4v) is 6.71. The first-order valence-corrected chi connectivity index (χ1v) is 11.4. The van der Waals surface area contributed by atoms with Gasteiger partial charge in [0.15, 0.2) is 0 Å². The minimum Gasteiger partial charge on any atom is -0.481 e. The van der Waals surface area contributed by atoms with Crippen LogP contribution in [0.5, 0.6) is 0 Å². The molecule has 3 aliphatic rings. The fourth-order valence-electron chi connectivity index (χ4n) is 4.98. The van der Waals surface area contributed by atoms with E-state index >= 15 is 0 Å². The van der Waals surface area contributed by atoms with Crippen LogP contribution >= 0.6 is 0 Å². The number of hydrogen-bond donors (Lipinski definition) is 1. The number of sulfonamides is 1. The highest BCUT2D eigenvalue weighted by molar-refractivity contribution is 7.89. The summed E-state index contributed by atoms with van der Waals surface area (Å²) in [6.07, 6.45) is 4.60. The maximum atomic E-state index is 13.1. The number of rotatable bonds is 4. The molecule has 4 atom stereocenters. The summed E-state index contributed by atoms with van der Waals surface area (Å²) >= 11 is 0. The highest BCUT2D eigenvalue weighted by atomic mass is 32.2. The van der Waals surface area contributed by atoms with E-state index in [1.165, 1.54) is 4.31 Å². The first-order valence-electron chi connectivity index (χ1n) is 9.97. The van der Waals surface area contributed by atoms with Gasteiger partial charge in [-0.3, -0.25) is 9.59 Å². The molecule has 2 bridgehead atoms. The number of carbonyl (C=O) groups excluding carboxylic acids is 1. The molecule has 156 valence electrons. The van der Waals surface area contributed by atoms with Crippen molar-refractivity contribution in [1.82, 2.24) is 9.21 Å². The van der Waals surface area contributed by atoms with Gasteiger partial charge in [0.2, 0.25) is 15.9 Å². The van der Waals surface area contributed by atoms with Crippen molar-refractivity contribution in [1.29, 1.82) is 0 Å². The molecule has 29 heavy (non-hydrogen) atoms. The van der Waals surface area contributed by atoms with Gasteiger partial charge >= 0.3 is 5.97 Å². The van der Waals surface area contributed by atoms with E-state index in [4.69, 9.17) is 0 Å². The number of benzene rings is 1. The lowest BCUT2D eigenvalue weighted by Gasteiger charge is -2.37.